The van der Waals surface area contributed by atoms with Crippen LogP contribution in [0.4, 0.5) is 5.95 Å². The molecule has 0 saturated heterocycles. The maximum atomic E-state index is 5.42. The second kappa shape index (κ2) is 3.76. The maximum Gasteiger partial charge on any atom is 0.223 e. The number of nitrogens with zero attached hydrogens (tertiary/aromatic N) is 2. The fourth-order valence-corrected chi connectivity index (χ4v) is 0.837. The summed E-state index contributed by atoms with van der Waals surface area (Å²) in [5, 5.41) is 0. The first-order valence-electron chi connectivity index (χ1n) is 3.85. The zero-order valence-electron chi connectivity index (χ0n) is 7.61. The number of aromatic nitrogens is 2. The van der Waals surface area contributed by atoms with Crippen LogP contribution in [0.5, 0.6) is 5.88 Å². The number of rotatable bonds is 2. The van der Waals surface area contributed by atoms with Crippen LogP contribution >= 0.6 is 0 Å². The number of nitrogens with two attached hydrogens (primary N) is 1. The molecule has 4 heteroatoms. The van der Waals surface area contributed by atoms with Gasteiger partial charge in [-0.1, -0.05) is 5.92 Å². The summed E-state index contributed by atoms with van der Waals surface area (Å²) < 4.78 is 5.26. The summed E-state index contributed by atoms with van der Waals surface area (Å²) in [7, 11) is 0. The van der Waals surface area contributed by atoms with Crippen molar-refractivity contribution in [3.8, 4) is 18.2 Å². The van der Waals surface area contributed by atoms with E-state index in [1.807, 2.05) is 6.92 Å². The molecule has 0 aromatic carbocycles. The van der Waals surface area contributed by atoms with Crippen LogP contribution in [-0.2, 0) is 0 Å². The van der Waals surface area contributed by atoms with Crippen molar-refractivity contribution in [2.45, 2.75) is 20.0 Å². The van der Waals surface area contributed by atoms with E-state index in [4.69, 9.17) is 16.9 Å². The first kappa shape index (κ1) is 9.33. The molecule has 0 spiro atoms. The van der Waals surface area contributed by atoms with Crippen LogP contribution in [0.25, 0.3) is 0 Å². The zero-order valence-corrected chi connectivity index (χ0v) is 7.61. The van der Waals surface area contributed by atoms with Crippen molar-refractivity contribution in [1.29, 1.82) is 0 Å². The van der Waals surface area contributed by atoms with Crippen molar-refractivity contribution in [3.63, 3.8) is 0 Å². The Labute approximate surface area is 77.1 Å². The van der Waals surface area contributed by atoms with Gasteiger partial charge in [0.1, 0.15) is 0 Å². The van der Waals surface area contributed by atoms with E-state index in [0.29, 0.717) is 5.88 Å². The number of terminal acetylenes is 1. The second-order valence-electron chi connectivity index (χ2n) is 2.63. The number of hydrogen-bond acceptors (Lipinski definition) is 4. The summed E-state index contributed by atoms with van der Waals surface area (Å²) in [6.07, 6.45) is 4.83. The van der Waals surface area contributed by atoms with E-state index < -0.39 is 0 Å². The molecule has 1 heterocycles. The normalized spacial score (nSPS) is 11.8. The summed E-state index contributed by atoms with van der Waals surface area (Å²) in [6, 6.07) is 1.68. The predicted molar refractivity (Wildman–Crippen MR) is 50.1 cm³/mol. The smallest absolute Gasteiger partial charge is 0.223 e. The summed E-state index contributed by atoms with van der Waals surface area (Å²) in [5.74, 6) is 3.04. The monoisotopic (exact) mass is 177 g/mol. The van der Waals surface area contributed by atoms with Crippen LogP contribution in [0, 0.1) is 19.3 Å². The van der Waals surface area contributed by atoms with Gasteiger partial charge in [-0.3, -0.25) is 0 Å². The van der Waals surface area contributed by atoms with E-state index in [0.717, 1.165) is 5.69 Å². The maximum absolute atomic E-state index is 5.42. The number of aryl methyl sites for hydroxylation is 1. The van der Waals surface area contributed by atoms with Gasteiger partial charge in [-0.05, 0) is 13.8 Å². The highest BCUT2D eigenvalue weighted by Gasteiger charge is 2.03. The third kappa shape index (κ3) is 2.64. The van der Waals surface area contributed by atoms with Crippen LogP contribution < -0.4 is 10.5 Å². The largest absolute Gasteiger partial charge is 0.461 e. The molecule has 4 nitrogen and oxygen atoms in total. The van der Waals surface area contributed by atoms with Crippen LogP contribution in [0.1, 0.15) is 12.6 Å². The zero-order chi connectivity index (χ0) is 9.84. The van der Waals surface area contributed by atoms with Crippen molar-refractivity contribution >= 4 is 5.95 Å². The van der Waals surface area contributed by atoms with Gasteiger partial charge in [0.15, 0.2) is 6.10 Å². The molecular weight excluding hydrogens is 166 g/mol. The molecule has 0 bridgehead atoms. The summed E-state index contributed by atoms with van der Waals surface area (Å²) >= 11 is 0. The Kier molecular flexibility index (Phi) is 2.70. The fourth-order valence-electron chi connectivity index (χ4n) is 0.837. The van der Waals surface area contributed by atoms with E-state index in [2.05, 4.69) is 15.9 Å². The van der Waals surface area contributed by atoms with Crippen molar-refractivity contribution in [2.24, 2.45) is 0 Å². The Morgan fingerprint density at radius 1 is 1.62 bits per heavy atom. The lowest BCUT2D eigenvalue weighted by Gasteiger charge is -2.08. The SMILES string of the molecule is C#CC(C)Oc1cc(C)nc(N)n1. The molecular formula is C9H11N3O. The number of nitrogen functional groups attached to an aromatic ring is 1. The van der Waals surface area contributed by atoms with E-state index in [9.17, 15) is 0 Å². The van der Waals surface area contributed by atoms with Gasteiger partial charge in [-0.2, -0.15) is 4.98 Å². The van der Waals surface area contributed by atoms with Gasteiger partial charge >= 0.3 is 0 Å². The molecule has 1 unspecified atom stereocenters. The minimum absolute atomic E-state index is 0.194. The quantitative estimate of drug-likeness (QED) is 0.678. The lowest BCUT2D eigenvalue weighted by molar-refractivity contribution is 0.267. The Hall–Kier alpha value is -1.76. The molecule has 1 atom stereocenters. The van der Waals surface area contributed by atoms with Crippen LogP contribution in [0.3, 0.4) is 0 Å². The average Bonchev–Trinajstić information content (AvgIpc) is 2.02. The Bertz CT molecular complexity index is 323. The Morgan fingerprint density at radius 3 is 2.85 bits per heavy atom. The van der Waals surface area contributed by atoms with Gasteiger partial charge in [0.2, 0.25) is 11.8 Å². The highest BCUT2D eigenvalue weighted by molar-refractivity contribution is 5.25. The summed E-state index contributed by atoms with van der Waals surface area (Å²) in [4.78, 5) is 7.77. The molecule has 0 fully saturated rings. The van der Waals surface area contributed by atoms with Gasteiger partial charge < -0.3 is 10.5 Å². The van der Waals surface area contributed by atoms with Crippen molar-refractivity contribution < 1.29 is 4.74 Å². The van der Waals surface area contributed by atoms with Gasteiger partial charge in [-0.25, -0.2) is 4.98 Å². The predicted octanol–water partition coefficient (Wildman–Crippen LogP) is 0.768. The standard InChI is InChI=1S/C9H11N3O/c1-4-7(3)13-8-5-6(2)11-9(10)12-8/h1,5,7H,2-3H3,(H2,10,11,12). The van der Waals surface area contributed by atoms with Crippen LogP contribution in [0.15, 0.2) is 6.07 Å². The summed E-state index contributed by atoms with van der Waals surface area (Å²) in [6.45, 7) is 3.57. The molecule has 1 aromatic rings. The van der Waals surface area contributed by atoms with Gasteiger partial charge in [0, 0.05) is 11.8 Å². The number of hydrogen-bond donors (Lipinski definition) is 1. The molecule has 68 valence electrons. The van der Waals surface area contributed by atoms with Gasteiger partial charge in [-0.15, -0.1) is 6.42 Å². The molecule has 1 rings (SSSR count). The number of anilines is 1. The van der Waals surface area contributed by atoms with E-state index in [1.165, 1.54) is 0 Å². The molecule has 1 aromatic heterocycles. The molecule has 0 aliphatic rings. The van der Waals surface area contributed by atoms with E-state index >= 15 is 0 Å². The Morgan fingerprint density at radius 2 is 2.31 bits per heavy atom. The molecule has 0 radical (unpaired) electrons. The fraction of sp³-hybridized carbons (Fsp3) is 0.333. The molecule has 13 heavy (non-hydrogen) atoms. The lowest BCUT2D eigenvalue weighted by Crippen LogP contribution is -2.10. The van der Waals surface area contributed by atoms with Gasteiger partial charge in [0.25, 0.3) is 0 Å². The topological polar surface area (TPSA) is 61.0 Å². The molecule has 0 aliphatic carbocycles. The minimum Gasteiger partial charge on any atom is -0.461 e. The van der Waals surface area contributed by atoms with Crippen molar-refractivity contribution in [2.75, 3.05) is 5.73 Å². The van der Waals surface area contributed by atoms with E-state index in [-0.39, 0.29) is 12.1 Å². The third-order valence-corrected chi connectivity index (χ3v) is 1.38. The van der Waals surface area contributed by atoms with Crippen LogP contribution in [-0.4, -0.2) is 16.1 Å². The van der Waals surface area contributed by atoms with Crippen LogP contribution in [0.2, 0.25) is 0 Å². The highest BCUT2D eigenvalue weighted by Crippen LogP contribution is 2.11. The minimum atomic E-state index is -0.311. The lowest BCUT2D eigenvalue weighted by atomic mass is 10.4. The average molecular weight is 177 g/mol. The van der Waals surface area contributed by atoms with E-state index in [1.54, 1.807) is 13.0 Å². The van der Waals surface area contributed by atoms with Crippen molar-refractivity contribution in [3.05, 3.63) is 11.8 Å². The molecule has 0 saturated carbocycles. The first-order chi connectivity index (χ1) is 6.11. The first-order valence-corrected chi connectivity index (χ1v) is 3.85. The van der Waals surface area contributed by atoms with Gasteiger partial charge in [0.05, 0.1) is 0 Å². The third-order valence-electron chi connectivity index (χ3n) is 1.38. The van der Waals surface area contributed by atoms with Crippen molar-refractivity contribution in [1.82, 2.24) is 9.97 Å². The molecule has 0 amide bonds. The second-order valence-corrected chi connectivity index (χ2v) is 2.63. The Balaban J connectivity index is 2.84. The molecule has 0 aliphatic heterocycles. The number of ether oxygens (including phenoxy) is 1. The summed E-state index contributed by atoms with van der Waals surface area (Å²) in [5.41, 5.74) is 6.18. The highest BCUT2D eigenvalue weighted by atomic mass is 16.5. The molecule has 2 N–H and O–H groups in total.